The Morgan fingerprint density at radius 1 is 1.07 bits per heavy atom. The summed E-state index contributed by atoms with van der Waals surface area (Å²) in [4.78, 5) is 15.3. The summed E-state index contributed by atoms with van der Waals surface area (Å²) in [7, 11) is 0. The summed E-state index contributed by atoms with van der Waals surface area (Å²) in [6.45, 7) is 7.26. The standard InChI is InChI=1S/C20H29F4N3O/c1-14-10-15(2)17(16(3)11-14)4-5-25-18(28)12-26-6-8-27(9-7-26)13-20(23,24)19(21)22/h10-11,19H,4-9,12-13H2,1-3H3,(H,25,28). The topological polar surface area (TPSA) is 35.6 Å². The van der Waals surface area contributed by atoms with Crippen LogP contribution >= 0.6 is 0 Å². The van der Waals surface area contributed by atoms with E-state index in [0.29, 0.717) is 19.6 Å². The van der Waals surface area contributed by atoms with Gasteiger partial charge in [0.05, 0.1) is 13.1 Å². The molecule has 1 saturated heterocycles. The van der Waals surface area contributed by atoms with Gasteiger partial charge in [0.1, 0.15) is 0 Å². The summed E-state index contributed by atoms with van der Waals surface area (Å²) in [5, 5.41) is 2.90. The van der Waals surface area contributed by atoms with Gasteiger partial charge >= 0.3 is 12.3 Å². The molecule has 1 N–H and O–H groups in total. The minimum atomic E-state index is -3.99. The van der Waals surface area contributed by atoms with Crippen LogP contribution in [0.3, 0.4) is 0 Å². The van der Waals surface area contributed by atoms with E-state index in [4.69, 9.17) is 0 Å². The van der Waals surface area contributed by atoms with E-state index in [9.17, 15) is 22.4 Å². The van der Waals surface area contributed by atoms with Gasteiger partial charge < -0.3 is 5.32 Å². The molecule has 4 nitrogen and oxygen atoms in total. The summed E-state index contributed by atoms with van der Waals surface area (Å²) in [5.41, 5.74) is 4.87. The number of benzene rings is 1. The third-order valence-electron chi connectivity index (χ3n) is 5.12. The zero-order valence-corrected chi connectivity index (χ0v) is 16.7. The quantitative estimate of drug-likeness (QED) is 0.678. The molecule has 1 aliphatic heterocycles. The highest BCUT2D eigenvalue weighted by Gasteiger charge is 2.42. The molecule has 1 fully saturated rings. The third-order valence-corrected chi connectivity index (χ3v) is 5.12. The summed E-state index contributed by atoms with van der Waals surface area (Å²) >= 11 is 0. The normalized spacial score (nSPS) is 16.6. The number of nitrogens with one attached hydrogen (secondary N) is 1. The first-order valence-corrected chi connectivity index (χ1v) is 9.52. The van der Waals surface area contributed by atoms with Gasteiger partial charge in [-0.15, -0.1) is 0 Å². The zero-order chi connectivity index (χ0) is 20.9. The third kappa shape index (κ3) is 6.44. The van der Waals surface area contributed by atoms with E-state index in [1.54, 1.807) is 0 Å². The lowest BCUT2D eigenvalue weighted by atomic mass is 9.97. The van der Waals surface area contributed by atoms with E-state index in [1.165, 1.54) is 27.2 Å². The number of rotatable bonds is 8. The van der Waals surface area contributed by atoms with E-state index in [1.807, 2.05) is 4.90 Å². The SMILES string of the molecule is Cc1cc(C)c(CCNC(=O)CN2CCN(CC(F)(F)C(F)F)CC2)c(C)c1. The molecular weight excluding hydrogens is 374 g/mol. The predicted molar refractivity (Wildman–Crippen MR) is 101 cm³/mol. The molecule has 1 aromatic carbocycles. The van der Waals surface area contributed by atoms with Gasteiger partial charge in [0.25, 0.3) is 0 Å². The van der Waals surface area contributed by atoms with Crippen LogP contribution in [0.2, 0.25) is 0 Å². The van der Waals surface area contributed by atoms with Gasteiger partial charge in [0.2, 0.25) is 5.91 Å². The number of aryl methyl sites for hydroxylation is 3. The number of carbonyl (C=O) groups is 1. The minimum Gasteiger partial charge on any atom is -0.355 e. The molecule has 2 rings (SSSR count). The van der Waals surface area contributed by atoms with Crippen molar-refractivity contribution < 1.29 is 22.4 Å². The largest absolute Gasteiger partial charge is 0.355 e. The van der Waals surface area contributed by atoms with Crippen LogP contribution in [0.4, 0.5) is 17.6 Å². The number of halogens is 4. The second kappa shape index (κ2) is 9.69. The molecule has 8 heteroatoms. The number of hydrogen-bond acceptors (Lipinski definition) is 3. The summed E-state index contributed by atoms with van der Waals surface area (Å²) in [6, 6.07) is 4.25. The van der Waals surface area contributed by atoms with Crippen LogP contribution in [0.25, 0.3) is 0 Å². The molecule has 0 bridgehead atoms. The first kappa shape index (κ1) is 22.6. The summed E-state index contributed by atoms with van der Waals surface area (Å²) < 4.78 is 50.8. The smallest absolute Gasteiger partial charge is 0.319 e. The van der Waals surface area contributed by atoms with Crippen LogP contribution in [0, 0.1) is 20.8 Å². The van der Waals surface area contributed by atoms with Gasteiger partial charge in [0.15, 0.2) is 0 Å². The molecular formula is C20H29F4N3O. The van der Waals surface area contributed by atoms with Crippen molar-refractivity contribution in [2.24, 2.45) is 0 Å². The maximum Gasteiger partial charge on any atom is 0.319 e. The van der Waals surface area contributed by atoms with E-state index < -0.39 is 18.9 Å². The molecule has 0 aliphatic carbocycles. The second-order valence-electron chi connectivity index (χ2n) is 7.59. The molecule has 0 radical (unpaired) electrons. The minimum absolute atomic E-state index is 0.117. The van der Waals surface area contributed by atoms with Crippen molar-refractivity contribution in [1.29, 1.82) is 0 Å². The predicted octanol–water partition coefficient (Wildman–Crippen LogP) is 2.79. The van der Waals surface area contributed by atoms with Gasteiger partial charge in [-0.3, -0.25) is 14.6 Å². The molecule has 0 spiro atoms. The van der Waals surface area contributed by atoms with Crippen molar-refractivity contribution in [2.75, 3.05) is 45.8 Å². The number of nitrogens with zero attached hydrogens (tertiary/aromatic N) is 2. The summed E-state index contributed by atoms with van der Waals surface area (Å²) in [5.74, 6) is -4.11. The van der Waals surface area contributed by atoms with Gasteiger partial charge in [-0.1, -0.05) is 17.7 Å². The summed E-state index contributed by atoms with van der Waals surface area (Å²) in [6.07, 6.45) is -2.91. The van der Waals surface area contributed by atoms with Crippen LogP contribution < -0.4 is 5.32 Å². The van der Waals surface area contributed by atoms with Crippen LogP contribution in [-0.4, -0.2) is 73.9 Å². The van der Waals surface area contributed by atoms with Gasteiger partial charge in [-0.05, 0) is 43.9 Å². The number of amides is 1. The van der Waals surface area contributed by atoms with Crippen molar-refractivity contribution in [3.8, 4) is 0 Å². The number of carbonyl (C=O) groups excluding carboxylic acids is 1. The highest BCUT2D eigenvalue weighted by molar-refractivity contribution is 5.78. The maximum atomic E-state index is 13.1. The monoisotopic (exact) mass is 403 g/mol. The van der Waals surface area contributed by atoms with Gasteiger partial charge in [0, 0.05) is 32.7 Å². The number of piperazine rings is 1. The average molecular weight is 403 g/mol. The Kier molecular flexibility index (Phi) is 7.83. The lowest BCUT2D eigenvalue weighted by Crippen LogP contribution is -2.53. The Labute approximate surface area is 163 Å². The Morgan fingerprint density at radius 3 is 2.14 bits per heavy atom. The fraction of sp³-hybridized carbons (Fsp3) is 0.650. The van der Waals surface area contributed by atoms with Crippen molar-refractivity contribution >= 4 is 5.91 Å². The Morgan fingerprint density at radius 2 is 1.61 bits per heavy atom. The highest BCUT2D eigenvalue weighted by Crippen LogP contribution is 2.24. The van der Waals surface area contributed by atoms with E-state index in [0.717, 1.165) is 6.42 Å². The Balaban J connectivity index is 1.71. The van der Waals surface area contributed by atoms with Crippen LogP contribution in [0.1, 0.15) is 22.3 Å². The number of alkyl halides is 4. The number of hydrogen-bond donors (Lipinski definition) is 1. The Bertz CT molecular complexity index is 650. The molecule has 0 aromatic heterocycles. The first-order chi connectivity index (χ1) is 13.1. The molecule has 0 unspecified atom stereocenters. The molecule has 0 saturated carbocycles. The molecule has 28 heavy (non-hydrogen) atoms. The highest BCUT2D eigenvalue weighted by atomic mass is 19.3. The van der Waals surface area contributed by atoms with Crippen molar-refractivity contribution in [2.45, 2.75) is 39.5 Å². The second-order valence-corrected chi connectivity index (χ2v) is 7.59. The average Bonchev–Trinajstić information content (AvgIpc) is 2.58. The lowest BCUT2D eigenvalue weighted by molar-refractivity contribution is -0.145. The fourth-order valence-corrected chi connectivity index (χ4v) is 3.66. The van der Waals surface area contributed by atoms with Crippen LogP contribution in [0.15, 0.2) is 12.1 Å². The molecule has 0 atom stereocenters. The van der Waals surface area contributed by atoms with Crippen molar-refractivity contribution in [3.05, 3.63) is 34.4 Å². The van der Waals surface area contributed by atoms with Crippen LogP contribution in [0.5, 0.6) is 0 Å². The molecule has 1 amide bonds. The maximum absolute atomic E-state index is 13.1. The molecule has 1 aromatic rings. The van der Waals surface area contributed by atoms with E-state index >= 15 is 0 Å². The van der Waals surface area contributed by atoms with Gasteiger partial charge in [-0.2, -0.15) is 8.78 Å². The molecule has 1 aliphatic rings. The Hall–Kier alpha value is -1.67. The van der Waals surface area contributed by atoms with Crippen LogP contribution in [-0.2, 0) is 11.2 Å². The first-order valence-electron chi connectivity index (χ1n) is 9.52. The zero-order valence-electron chi connectivity index (χ0n) is 16.7. The molecule has 158 valence electrons. The van der Waals surface area contributed by atoms with Gasteiger partial charge in [-0.25, -0.2) is 8.78 Å². The van der Waals surface area contributed by atoms with Crippen molar-refractivity contribution in [1.82, 2.24) is 15.1 Å². The molecule has 1 heterocycles. The van der Waals surface area contributed by atoms with Crippen molar-refractivity contribution in [3.63, 3.8) is 0 Å². The van der Waals surface area contributed by atoms with E-state index in [2.05, 4.69) is 38.2 Å². The fourth-order valence-electron chi connectivity index (χ4n) is 3.66. The van der Waals surface area contributed by atoms with E-state index in [-0.39, 0.29) is 25.5 Å². The lowest BCUT2D eigenvalue weighted by Gasteiger charge is -2.35.